The van der Waals surface area contributed by atoms with Crippen molar-refractivity contribution in [3.63, 3.8) is 0 Å². The van der Waals surface area contributed by atoms with Crippen LogP contribution in [-0.2, 0) is 4.79 Å². The van der Waals surface area contributed by atoms with E-state index in [0.717, 1.165) is 25.0 Å². The third-order valence-electron chi connectivity index (χ3n) is 3.49. The molecule has 0 atom stereocenters. The lowest BCUT2D eigenvalue weighted by molar-refractivity contribution is -0.121. The van der Waals surface area contributed by atoms with Gasteiger partial charge in [-0.05, 0) is 25.3 Å². The summed E-state index contributed by atoms with van der Waals surface area (Å²) in [5.74, 6) is -1.39. The zero-order valence-corrected chi connectivity index (χ0v) is 11.9. The SMILES string of the molecule is O=C(CCCNc1ncnc2cc(F)c(F)cc12)NC1CC1. The van der Waals surface area contributed by atoms with Crippen LogP contribution in [0.4, 0.5) is 14.6 Å². The molecule has 3 rings (SSSR count). The molecule has 1 fully saturated rings. The zero-order chi connectivity index (χ0) is 15.5. The van der Waals surface area contributed by atoms with Gasteiger partial charge in [0.1, 0.15) is 12.1 Å². The summed E-state index contributed by atoms with van der Waals surface area (Å²) in [5.41, 5.74) is 0.336. The quantitative estimate of drug-likeness (QED) is 0.804. The molecular weight excluding hydrogens is 290 g/mol. The smallest absolute Gasteiger partial charge is 0.220 e. The molecular formula is C15H16F2N4O. The van der Waals surface area contributed by atoms with Gasteiger partial charge in [-0.2, -0.15) is 0 Å². The van der Waals surface area contributed by atoms with Gasteiger partial charge in [-0.3, -0.25) is 4.79 Å². The molecule has 1 amide bonds. The molecule has 7 heteroatoms. The van der Waals surface area contributed by atoms with Gasteiger partial charge in [0.05, 0.1) is 5.52 Å². The van der Waals surface area contributed by atoms with Crippen LogP contribution in [0.25, 0.3) is 10.9 Å². The van der Waals surface area contributed by atoms with Crippen LogP contribution in [0.3, 0.4) is 0 Å². The molecule has 0 aliphatic heterocycles. The van der Waals surface area contributed by atoms with Crippen molar-refractivity contribution in [2.24, 2.45) is 0 Å². The predicted molar refractivity (Wildman–Crippen MR) is 78.3 cm³/mol. The van der Waals surface area contributed by atoms with E-state index in [1.54, 1.807) is 0 Å². The Labute approximate surface area is 126 Å². The summed E-state index contributed by atoms with van der Waals surface area (Å²) in [7, 11) is 0. The van der Waals surface area contributed by atoms with Crippen molar-refractivity contribution in [2.45, 2.75) is 31.7 Å². The maximum absolute atomic E-state index is 13.3. The molecule has 116 valence electrons. The van der Waals surface area contributed by atoms with E-state index >= 15 is 0 Å². The Morgan fingerprint density at radius 2 is 2.00 bits per heavy atom. The summed E-state index contributed by atoms with van der Waals surface area (Å²) >= 11 is 0. The lowest BCUT2D eigenvalue weighted by Gasteiger charge is -2.08. The molecule has 1 aromatic heterocycles. The van der Waals surface area contributed by atoms with Crippen molar-refractivity contribution in [3.05, 3.63) is 30.1 Å². The molecule has 0 saturated heterocycles. The molecule has 0 spiro atoms. The van der Waals surface area contributed by atoms with E-state index in [-0.39, 0.29) is 5.91 Å². The van der Waals surface area contributed by atoms with Crippen LogP contribution in [-0.4, -0.2) is 28.5 Å². The number of halogens is 2. The number of nitrogens with one attached hydrogen (secondary N) is 2. The van der Waals surface area contributed by atoms with Crippen LogP contribution in [0, 0.1) is 11.6 Å². The first-order valence-corrected chi connectivity index (χ1v) is 7.26. The molecule has 1 saturated carbocycles. The molecule has 1 aromatic carbocycles. The first kappa shape index (κ1) is 14.6. The second-order valence-corrected chi connectivity index (χ2v) is 5.38. The van der Waals surface area contributed by atoms with Gasteiger partial charge in [0.15, 0.2) is 11.6 Å². The number of hydrogen-bond acceptors (Lipinski definition) is 4. The van der Waals surface area contributed by atoms with Crippen LogP contribution >= 0.6 is 0 Å². The van der Waals surface area contributed by atoms with Crippen molar-refractivity contribution in [3.8, 4) is 0 Å². The number of anilines is 1. The van der Waals surface area contributed by atoms with E-state index in [2.05, 4.69) is 20.6 Å². The molecule has 2 aromatic rings. The second kappa shape index (κ2) is 6.21. The minimum absolute atomic E-state index is 0.0463. The average molecular weight is 306 g/mol. The number of rotatable bonds is 6. The van der Waals surface area contributed by atoms with E-state index in [9.17, 15) is 13.6 Å². The average Bonchev–Trinajstić information content (AvgIpc) is 3.29. The summed E-state index contributed by atoms with van der Waals surface area (Å²) in [5, 5.41) is 6.37. The van der Waals surface area contributed by atoms with E-state index < -0.39 is 11.6 Å². The van der Waals surface area contributed by atoms with Crippen molar-refractivity contribution >= 4 is 22.6 Å². The van der Waals surface area contributed by atoms with Crippen molar-refractivity contribution in [2.75, 3.05) is 11.9 Å². The minimum Gasteiger partial charge on any atom is -0.369 e. The molecule has 22 heavy (non-hydrogen) atoms. The fraction of sp³-hybridized carbons (Fsp3) is 0.400. The Morgan fingerprint density at radius 1 is 1.23 bits per heavy atom. The first-order chi connectivity index (χ1) is 10.6. The highest BCUT2D eigenvalue weighted by molar-refractivity contribution is 5.88. The molecule has 0 unspecified atom stereocenters. The van der Waals surface area contributed by atoms with Crippen LogP contribution < -0.4 is 10.6 Å². The second-order valence-electron chi connectivity index (χ2n) is 5.38. The van der Waals surface area contributed by atoms with Crippen LogP contribution in [0.5, 0.6) is 0 Å². The van der Waals surface area contributed by atoms with Crippen molar-refractivity contribution in [1.29, 1.82) is 0 Å². The molecule has 1 heterocycles. The number of fused-ring (bicyclic) bond motifs is 1. The largest absolute Gasteiger partial charge is 0.369 e. The van der Waals surface area contributed by atoms with Gasteiger partial charge in [0.2, 0.25) is 5.91 Å². The highest BCUT2D eigenvalue weighted by atomic mass is 19.2. The Hall–Kier alpha value is -2.31. The Balaban J connectivity index is 1.58. The van der Waals surface area contributed by atoms with E-state index in [1.165, 1.54) is 6.33 Å². The molecule has 0 bridgehead atoms. The van der Waals surface area contributed by atoms with Crippen molar-refractivity contribution < 1.29 is 13.6 Å². The summed E-state index contributed by atoms with van der Waals surface area (Å²) in [6, 6.07) is 2.48. The number of carbonyl (C=O) groups excluding carboxylic acids is 1. The van der Waals surface area contributed by atoms with Crippen molar-refractivity contribution in [1.82, 2.24) is 15.3 Å². The molecule has 5 nitrogen and oxygen atoms in total. The van der Waals surface area contributed by atoms with Gasteiger partial charge >= 0.3 is 0 Å². The number of nitrogens with zero attached hydrogens (tertiary/aromatic N) is 2. The monoisotopic (exact) mass is 306 g/mol. The summed E-state index contributed by atoms with van der Waals surface area (Å²) in [6.45, 7) is 0.517. The Bertz CT molecular complexity index is 703. The number of benzene rings is 1. The summed E-state index contributed by atoms with van der Waals surface area (Å²) in [6.07, 6.45) is 4.49. The number of aromatic nitrogens is 2. The normalized spacial score (nSPS) is 14.1. The van der Waals surface area contributed by atoms with Crippen LogP contribution in [0.1, 0.15) is 25.7 Å². The highest BCUT2D eigenvalue weighted by Crippen LogP contribution is 2.22. The molecule has 0 radical (unpaired) electrons. The van der Waals surface area contributed by atoms with Crippen LogP contribution in [0.2, 0.25) is 0 Å². The lowest BCUT2D eigenvalue weighted by Crippen LogP contribution is -2.25. The van der Waals surface area contributed by atoms with Gasteiger partial charge < -0.3 is 10.6 Å². The molecule has 1 aliphatic rings. The zero-order valence-electron chi connectivity index (χ0n) is 11.9. The van der Waals surface area contributed by atoms with Gasteiger partial charge in [-0.15, -0.1) is 0 Å². The topological polar surface area (TPSA) is 66.9 Å². The third-order valence-corrected chi connectivity index (χ3v) is 3.49. The first-order valence-electron chi connectivity index (χ1n) is 7.26. The Kier molecular flexibility index (Phi) is 4.13. The Morgan fingerprint density at radius 3 is 2.77 bits per heavy atom. The highest BCUT2D eigenvalue weighted by Gasteiger charge is 2.22. The predicted octanol–water partition coefficient (Wildman–Crippen LogP) is 2.38. The lowest BCUT2D eigenvalue weighted by atomic mass is 10.2. The van der Waals surface area contributed by atoms with E-state index in [0.29, 0.717) is 42.1 Å². The van der Waals surface area contributed by atoms with Gasteiger partial charge in [0.25, 0.3) is 0 Å². The van der Waals surface area contributed by atoms with Gasteiger partial charge in [0, 0.05) is 30.5 Å². The standard InChI is InChI=1S/C15H16F2N4O/c16-11-6-10-13(7-12(11)17)19-8-20-15(10)18-5-1-2-14(22)21-9-3-4-9/h6-9H,1-5H2,(H,21,22)(H,18,19,20). The number of carbonyl (C=O) groups is 1. The fourth-order valence-electron chi connectivity index (χ4n) is 2.18. The summed E-state index contributed by atoms with van der Waals surface area (Å²) < 4.78 is 26.5. The maximum Gasteiger partial charge on any atom is 0.220 e. The molecule has 2 N–H and O–H groups in total. The van der Waals surface area contributed by atoms with Gasteiger partial charge in [-0.25, -0.2) is 18.7 Å². The number of hydrogen-bond donors (Lipinski definition) is 2. The number of amides is 1. The van der Waals surface area contributed by atoms with Crippen LogP contribution in [0.15, 0.2) is 18.5 Å². The molecule has 1 aliphatic carbocycles. The maximum atomic E-state index is 13.3. The summed E-state index contributed by atoms with van der Waals surface area (Å²) in [4.78, 5) is 19.5. The van der Waals surface area contributed by atoms with E-state index in [4.69, 9.17) is 0 Å². The minimum atomic E-state index is -0.936. The fourth-order valence-corrected chi connectivity index (χ4v) is 2.18. The van der Waals surface area contributed by atoms with E-state index in [1.807, 2.05) is 0 Å². The third kappa shape index (κ3) is 3.47. The van der Waals surface area contributed by atoms with Gasteiger partial charge in [-0.1, -0.05) is 0 Å².